The number of nitrogens with one attached hydrogen (secondary N) is 1. The first-order valence-corrected chi connectivity index (χ1v) is 8.65. The Bertz CT molecular complexity index is 821. The van der Waals surface area contributed by atoms with Crippen molar-refractivity contribution in [3.05, 3.63) is 52.8 Å². The summed E-state index contributed by atoms with van der Waals surface area (Å²) in [4.78, 5) is 10.8. The Morgan fingerprint density at radius 2 is 1.83 bits per heavy atom. The first-order valence-electron chi connectivity index (χ1n) is 7.17. The van der Waals surface area contributed by atoms with Crippen molar-refractivity contribution in [2.75, 3.05) is 6.54 Å². The van der Waals surface area contributed by atoms with Crippen LogP contribution in [0.5, 0.6) is 0 Å². The molecule has 2 N–H and O–H groups in total. The molecule has 124 valence electrons. The van der Waals surface area contributed by atoms with Crippen molar-refractivity contribution in [3.63, 3.8) is 0 Å². The van der Waals surface area contributed by atoms with Gasteiger partial charge in [0.15, 0.2) is 0 Å². The number of hydrogen-bond acceptors (Lipinski definition) is 3. The Morgan fingerprint density at radius 3 is 2.30 bits per heavy atom. The van der Waals surface area contributed by atoms with Crippen LogP contribution in [0.4, 0.5) is 0 Å². The van der Waals surface area contributed by atoms with Gasteiger partial charge in [0, 0.05) is 25.0 Å². The Labute approximate surface area is 135 Å². The monoisotopic (exact) mass is 336 g/mol. The van der Waals surface area contributed by atoms with E-state index in [0.29, 0.717) is 6.42 Å². The van der Waals surface area contributed by atoms with Gasteiger partial charge in [-0.1, -0.05) is 0 Å². The van der Waals surface area contributed by atoms with Crippen molar-refractivity contribution in [3.8, 4) is 0 Å². The topological polar surface area (TPSA) is 88.4 Å². The lowest BCUT2D eigenvalue weighted by molar-refractivity contribution is 0.0696. The van der Waals surface area contributed by atoms with Crippen LogP contribution in [0.1, 0.15) is 27.3 Å². The van der Waals surface area contributed by atoms with Gasteiger partial charge in [0.2, 0.25) is 10.0 Å². The molecule has 23 heavy (non-hydrogen) atoms. The molecule has 0 fully saturated rings. The van der Waals surface area contributed by atoms with Crippen molar-refractivity contribution in [2.24, 2.45) is 7.05 Å². The third-order valence-electron chi connectivity index (χ3n) is 3.98. The number of nitrogens with zero attached hydrogens (tertiary/aromatic N) is 1. The van der Waals surface area contributed by atoms with E-state index in [4.69, 9.17) is 5.11 Å². The van der Waals surface area contributed by atoms with Gasteiger partial charge in [-0.25, -0.2) is 17.9 Å². The van der Waals surface area contributed by atoms with Crippen LogP contribution < -0.4 is 4.72 Å². The summed E-state index contributed by atoms with van der Waals surface area (Å²) in [5, 5.41) is 8.83. The molecule has 6 nitrogen and oxygen atoms in total. The molecule has 0 spiro atoms. The van der Waals surface area contributed by atoms with Crippen LogP contribution in [0.15, 0.2) is 35.2 Å². The van der Waals surface area contributed by atoms with E-state index in [9.17, 15) is 13.2 Å². The summed E-state index contributed by atoms with van der Waals surface area (Å²) in [6.45, 7) is 4.29. The average Bonchev–Trinajstić information content (AvgIpc) is 2.74. The van der Waals surface area contributed by atoms with Crippen molar-refractivity contribution in [1.29, 1.82) is 0 Å². The van der Waals surface area contributed by atoms with Gasteiger partial charge in [-0.2, -0.15) is 0 Å². The summed E-state index contributed by atoms with van der Waals surface area (Å²) in [5.41, 5.74) is 3.41. The largest absolute Gasteiger partial charge is 0.478 e. The standard InChI is InChI=1S/C16H20N2O4S/c1-11-10-14(12(2)18(11)3)8-9-17-23(21,22)15-6-4-13(5-7-15)16(19)20/h4-7,10,17H,8-9H2,1-3H3,(H,19,20). The minimum Gasteiger partial charge on any atom is -0.478 e. The average molecular weight is 336 g/mol. The molecule has 2 rings (SSSR count). The molecule has 2 aromatic rings. The number of benzene rings is 1. The molecule has 0 aliphatic heterocycles. The number of hydrogen-bond donors (Lipinski definition) is 2. The molecule has 0 unspecified atom stereocenters. The molecular weight excluding hydrogens is 316 g/mol. The maximum absolute atomic E-state index is 12.2. The van der Waals surface area contributed by atoms with Crippen LogP contribution in [-0.4, -0.2) is 30.6 Å². The van der Waals surface area contributed by atoms with Crippen LogP contribution in [0.3, 0.4) is 0 Å². The second kappa shape index (κ2) is 6.55. The molecule has 7 heteroatoms. The quantitative estimate of drug-likeness (QED) is 0.843. The fourth-order valence-electron chi connectivity index (χ4n) is 2.37. The Morgan fingerprint density at radius 1 is 1.22 bits per heavy atom. The highest BCUT2D eigenvalue weighted by Crippen LogP contribution is 2.14. The lowest BCUT2D eigenvalue weighted by Crippen LogP contribution is -2.26. The molecule has 0 radical (unpaired) electrons. The normalized spacial score (nSPS) is 11.6. The second-order valence-electron chi connectivity index (χ2n) is 5.43. The van der Waals surface area contributed by atoms with Gasteiger partial charge >= 0.3 is 5.97 Å². The summed E-state index contributed by atoms with van der Waals surface area (Å²) in [6.07, 6.45) is 0.597. The molecule has 1 aromatic heterocycles. The van der Waals surface area contributed by atoms with E-state index in [1.54, 1.807) is 0 Å². The predicted molar refractivity (Wildman–Crippen MR) is 87.2 cm³/mol. The molecule has 0 atom stereocenters. The van der Waals surface area contributed by atoms with Gasteiger partial charge in [-0.05, 0) is 56.2 Å². The smallest absolute Gasteiger partial charge is 0.335 e. The zero-order chi connectivity index (χ0) is 17.2. The molecule has 0 aliphatic carbocycles. The highest BCUT2D eigenvalue weighted by atomic mass is 32.2. The van der Waals surface area contributed by atoms with Crippen molar-refractivity contribution < 1.29 is 18.3 Å². The van der Waals surface area contributed by atoms with Gasteiger partial charge in [0.1, 0.15) is 0 Å². The van der Waals surface area contributed by atoms with E-state index in [-0.39, 0.29) is 17.0 Å². The third kappa shape index (κ3) is 3.80. The number of aromatic carboxylic acids is 1. The number of carbonyl (C=O) groups is 1. The molecule has 1 heterocycles. The van der Waals surface area contributed by atoms with Crippen molar-refractivity contribution in [2.45, 2.75) is 25.2 Å². The van der Waals surface area contributed by atoms with Crippen LogP contribution >= 0.6 is 0 Å². The number of aryl methyl sites for hydroxylation is 1. The maximum atomic E-state index is 12.2. The van der Waals surface area contributed by atoms with Crippen LogP contribution in [0.25, 0.3) is 0 Å². The van der Waals surface area contributed by atoms with Gasteiger partial charge < -0.3 is 9.67 Å². The number of sulfonamides is 1. The Hall–Kier alpha value is -2.12. The molecule has 0 saturated carbocycles. The Kier molecular flexibility index (Phi) is 4.91. The number of carboxylic acid groups (broad SMARTS) is 1. The molecule has 0 bridgehead atoms. The lowest BCUT2D eigenvalue weighted by atomic mass is 10.2. The zero-order valence-electron chi connectivity index (χ0n) is 13.3. The van der Waals surface area contributed by atoms with E-state index in [0.717, 1.165) is 17.0 Å². The van der Waals surface area contributed by atoms with Gasteiger partial charge in [0.25, 0.3) is 0 Å². The summed E-state index contributed by atoms with van der Waals surface area (Å²) in [5.74, 6) is -1.09. The zero-order valence-corrected chi connectivity index (χ0v) is 14.1. The van der Waals surface area contributed by atoms with Crippen molar-refractivity contribution in [1.82, 2.24) is 9.29 Å². The second-order valence-corrected chi connectivity index (χ2v) is 7.20. The SMILES string of the molecule is Cc1cc(CCNS(=O)(=O)c2ccc(C(=O)O)cc2)c(C)n1C. The molecule has 0 aliphatic rings. The summed E-state index contributed by atoms with van der Waals surface area (Å²) in [6, 6.07) is 7.20. The first kappa shape index (κ1) is 17.2. The molecule has 0 amide bonds. The van der Waals surface area contributed by atoms with E-state index < -0.39 is 16.0 Å². The molecule has 1 aromatic carbocycles. The highest BCUT2D eigenvalue weighted by Gasteiger charge is 2.15. The number of aromatic nitrogens is 1. The number of carboxylic acids is 1. The van der Waals surface area contributed by atoms with Gasteiger partial charge in [-0.3, -0.25) is 0 Å². The minimum absolute atomic E-state index is 0.0549. The van der Waals surface area contributed by atoms with Gasteiger partial charge in [0.05, 0.1) is 10.5 Å². The van der Waals surface area contributed by atoms with Crippen molar-refractivity contribution >= 4 is 16.0 Å². The molecule has 0 saturated heterocycles. The fourth-order valence-corrected chi connectivity index (χ4v) is 3.40. The van der Waals surface area contributed by atoms with Crippen LogP contribution in [-0.2, 0) is 23.5 Å². The summed E-state index contributed by atoms with van der Waals surface area (Å²) in [7, 11) is -1.66. The third-order valence-corrected chi connectivity index (χ3v) is 5.45. The summed E-state index contributed by atoms with van der Waals surface area (Å²) < 4.78 is 29.0. The van der Waals surface area contributed by atoms with E-state index in [1.165, 1.54) is 24.3 Å². The maximum Gasteiger partial charge on any atom is 0.335 e. The van der Waals surface area contributed by atoms with E-state index in [1.807, 2.05) is 27.0 Å². The Balaban J connectivity index is 2.04. The van der Waals surface area contributed by atoms with E-state index >= 15 is 0 Å². The number of rotatable bonds is 6. The highest BCUT2D eigenvalue weighted by molar-refractivity contribution is 7.89. The lowest BCUT2D eigenvalue weighted by Gasteiger charge is -2.07. The fraction of sp³-hybridized carbons (Fsp3) is 0.312. The summed E-state index contributed by atoms with van der Waals surface area (Å²) >= 11 is 0. The van der Waals surface area contributed by atoms with E-state index in [2.05, 4.69) is 9.29 Å². The van der Waals surface area contributed by atoms with Crippen LogP contribution in [0, 0.1) is 13.8 Å². The van der Waals surface area contributed by atoms with Gasteiger partial charge in [-0.15, -0.1) is 0 Å². The minimum atomic E-state index is -3.64. The first-order chi connectivity index (χ1) is 10.7. The van der Waals surface area contributed by atoms with Crippen LogP contribution in [0.2, 0.25) is 0 Å². The molecular formula is C16H20N2O4S. The predicted octanol–water partition coefficient (Wildman–Crippen LogP) is 1.86.